The molecule has 0 radical (unpaired) electrons. The van der Waals surface area contributed by atoms with E-state index in [0.29, 0.717) is 11.3 Å². The molecule has 0 amide bonds. The zero-order valence-electron chi connectivity index (χ0n) is 8.56. The highest BCUT2D eigenvalue weighted by atomic mass is 32.2. The van der Waals surface area contributed by atoms with E-state index in [2.05, 4.69) is 5.32 Å². The van der Waals surface area contributed by atoms with Gasteiger partial charge in [0.2, 0.25) is 0 Å². The molecule has 4 N–H and O–H groups in total. The minimum absolute atomic E-state index is 0.149. The summed E-state index contributed by atoms with van der Waals surface area (Å²) in [6, 6.07) is 4.25. The van der Waals surface area contributed by atoms with Crippen molar-refractivity contribution in [3.05, 3.63) is 23.8 Å². The zero-order valence-corrected chi connectivity index (χ0v) is 9.38. The molecule has 0 saturated carbocycles. The van der Waals surface area contributed by atoms with E-state index < -0.39 is 10.1 Å². The normalized spacial score (nSPS) is 13.8. The summed E-state index contributed by atoms with van der Waals surface area (Å²) in [6.45, 7) is 1.79. The van der Waals surface area contributed by atoms with Crippen LogP contribution in [0.5, 0.6) is 0 Å². The van der Waals surface area contributed by atoms with Gasteiger partial charge in [-0.25, -0.2) is 0 Å². The quantitative estimate of drug-likeness (QED) is 0.527. The molecule has 0 aliphatic rings. The van der Waals surface area contributed by atoms with Crippen molar-refractivity contribution in [3.8, 4) is 0 Å². The fourth-order valence-corrected chi connectivity index (χ4v) is 2.12. The average molecular weight is 230 g/mol. The third-order valence-corrected chi connectivity index (χ3v) is 3.12. The third kappa shape index (κ3) is 2.68. The van der Waals surface area contributed by atoms with Crippen LogP contribution >= 0.6 is 0 Å². The van der Waals surface area contributed by atoms with Crippen LogP contribution < -0.4 is 11.1 Å². The first-order valence-electron chi connectivity index (χ1n) is 4.40. The summed E-state index contributed by atoms with van der Waals surface area (Å²) in [7, 11) is -2.53. The van der Waals surface area contributed by atoms with E-state index in [1.807, 2.05) is 0 Å². The summed E-state index contributed by atoms with van der Waals surface area (Å²) in [5, 5.41) is 2.90. The average Bonchev–Trinajstić information content (AvgIpc) is 2.15. The summed E-state index contributed by atoms with van der Waals surface area (Å²) in [5.41, 5.74) is 6.27. The number of rotatable bonds is 3. The van der Waals surface area contributed by atoms with Gasteiger partial charge in [-0.2, -0.15) is 8.42 Å². The first kappa shape index (κ1) is 12.0. The molecule has 0 fully saturated rings. The Balaban J connectivity index is 3.40. The number of hydrogen-bond donors (Lipinski definition) is 3. The molecule has 1 atom stereocenters. The van der Waals surface area contributed by atoms with Gasteiger partial charge in [0.25, 0.3) is 10.1 Å². The van der Waals surface area contributed by atoms with Gasteiger partial charge in [0.15, 0.2) is 0 Å². The Labute approximate surface area is 89.0 Å². The van der Waals surface area contributed by atoms with E-state index in [0.717, 1.165) is 0 Å². The Morgan fingerprint density at radius 2 is 2.07 bits per heavy atom. The maximum atomic E-state index is 11.1. The Kier molecular flexibility index (Phi) is 3.33. The van der Waals surface area contributed by atoms with Gasteiger partial charge < -0.3 is 11.1 Å². The van der Waals surface area contributed by atoms with Crippen molar-refractivity contribution >= 4 is 15.8 Å². The van der Waals surface area contributed by atoms with Crippen molar-refractivity contribution in [1.29, 1.82) is 0 Å². The van der Waals surface area contributed by atoms with Gasteiger partial charge in [-0.15, -0.1) is 0 Å². The molecule has 5 nitrogen and oxygen atoms in total. The highest BCUT2D eigenvalue weighted by molar-refractivity contribution is 7.85. The largest absolute Gasteiger partial charge is 0.399 e. The molecule has 15 heavy (non-hydrogen) atoms. The molecule has 1 aromatic carbocycles. The third-order valence-electron chi connectivity index (χ3n) is 2.22. The second kappa shape index (κ2) is 4.18. The maximum Gasteiger partial charge on any atom is 0.294 e. The van der Waals surface area contributed by atoms with Gasteiger partial charge in [0.1, 0.15) is 4.90 Å². The Hall–Kier alpha value is -1.11. The smallest absolute Gasteiger partial charge is 0.294 e. The van der Waals surface area contributed by atoms with Gasteiger partial charge in [-0.1, -0.05) is 6.07 Å². The van der Waals surface area contributed by atoms with Crippen LogP contribution in [0.15, 0.2) is 23.1 Å². The SMILES string of the molecule is CNC(C)c1ccc(N)cc1S(=O)(=O)O. The molecule has 84 valence electrons. The summed E-state index contributed by atoms with van der Waals surface area (Å²) in [5.74, 6) is 0. The van der Waals surface area contributed by atoms with Crippen molar-refractivity contribution in [2.45, 2.75) is 17.9 Å². The van der Waals surface area contributed by atoms with Crippen molar-refractivity contribution in [3.63, 3.8) is 0 Å². The molecule has 1 aromatic rings. The molecule has 0 saturated heterocycles. The minimum atomic E-state index is -4.23. The second-order valence-electron chi connectivity index (χ2n) is 3.28. The Morgan fingerprint density at radius 3 is 2.53 bits per heavy atom. The van der Waals surface area contributed by atoms with Crippen LogP contribution in [0, 0.1) is 0 Å². The van der Waals surface area contributed by atoms with Crippen molar-refractivity contribution in [1.82, 2.24) is 5.32 Å². The number of nitrogens with two attached hydrogens (primary N) is 1. The molecule has 1 rings (SSSR count). The molecule has 6 heteroatoms. The standard InChI is InChI=1S/C9H14N2O3S/c1-6(11-2)8-4-3-7(10)5-9(8)15(12,13)14/h3-6,11H,10H2,1-2H3,(H,12,13,14). The molecular weight excluding hydrogens is 216 g/mol. The van der Waals surface area contributed by atoms with Gasteiger partial charge in [0.05, 0.1) is 0 Å². The number of anilines is 1. The van der Waals surface area contributed by atoms with Gasteiger partial charge in [-0.05, 0) is 31.7 Å². The molecule has 0 bridgehead atoms. The van der Waals surface area contributed by atoms with Crippen LogP contribution in [0.1, 0.15) is 18.5 Å². The van der Waals surface area contributed by atoms with Crippen molar-refractivity contribution < 1.29 is 13.0 Å². The van der Waals surface area contributed by atoms with Crippen LogP contribution in [-0.2, 0) is 10.1 Å². The highest BCUT2D eigenvalue weighted by Gasteiger charge is 2.18. The van der Waals surface area contributed by atoms with Gasteiger partial charge in [-0.3, -0.25) is 4.55 Å². The summed E-state index contributed by atoms with van der Waals surface area (Å²) < 4.78 is 31.2. The van der Waals surface area contributed by atoms with E-state index >= 15 is 0 Å². The lowest BCUT2D eigenvalue weighted by Gasteiger charge is -2.14. The summed E-state index contributed by atoms with van der Waals surface area (Å²) in [6.07, 6.45) is 0. The number of benzene rings is 1. The molecule has 0 aliphatic carbocycles. The first-order valence-corrected chi connectivity index (χ1v) is 5.84. The Bertz CT molecular complexity index is 456. The molecule has 0 aliphatic heterocycles. The topological polar surface area (TPSA) is 92.4 Å². The van der Waals surface area contributed by atoms with E-state index in [-0.39, 0.29) is 10.9 Å². The lowest BCUT2D eigenvalue weighted by molar-refractivity contribution is 0.480. The highest BCUT2D eigenvalue weighted by Crippen LogP contribution is 2.24. The van der Waals surface area contributed by atoms with Gasteiger partial charge in [0, 0.05) is 11.7 Å². The fourth-order valence-electron chi connectivity index (χ4n) is 1.29. The summed E-state index contributed by atoms with van der Waals surface area (Å²) in [4.78, 5) is -0.149. The molecule has 1 unspecified atom stereocenters. The van der Waals surface area contributed by atoms with Gasteiger partial charge >= 0.3 is 0 Å². The summed E-state index contributed by atoms with van der Waals surface area (Å²) >= 11 is 0. The minimum Gasteiger partial charge on any atom is -0.399 e. The molecule has 0 heterocycles. The van der Waals surface area contributed by atoms with Crippen LogP contribution in [-0.4, -0.2) is 20.0 Å². The lowest BCUT2D eigenvalue weighted by atomic mass is 10.1. The van der Waals surface area contributed by atoms with E-state index in [4.69, 9.17) is 10.3 Å². The van der Waals surface area contributed by atoms with Crippen molar-refractivity contribution in [2.75, 3.05) is 12.8 Å². The first-order chi connectivity index (χ1) is 6.86. The van der Waals surface area contributed by atoms with Crippen LogP contribution in [0.3, 0.4) is 0 Å². The van der Waals surface area contributed by atoms with E-state index in [1.165, 1.54) is 6.07 Å². The molecule has 0 aromatic heterocycles. The maximum absolute atomic E-state index is 11.1. The lowest BCUT2D eigenvalue weighted by Crippen LogP contribution is -2.16. The predicted molar refractivity (Wildman–Crippen MR) is 58.1 cm³/mol. The van der Waals surface area contributed by atoms with Crippen LogP contribution in [0.4, 0.5) is 5.69 Å². The van der Waals surface area contributed by atoms with Crippen LogP contribution in [0.2, 0.25) is 0 Å². The second-order valence-corrected chi connectivity index (χ2v) is 4.67. The number of nitrogen functional groups attached to an aromatic ring is 1. The number of hydrogen-bond acceptors (Lipinski definition) is 4. The predicted octanol–water partition coefficient (Wildman–Crippen LogP) is 0.796. The van der Waals surface area contributed by atoms with E-state index in [1.54, 1.807) is 26.1 Å². The van der Waals surface area contributed by atoms with Crippen molar-refractivity contribution in [2.24, 2.45) is 0 Å². The molecule has 0 spiro atoms. The zero-order chi connectivity index (χ0) is 11.6. The number of nitrogens with one attached hydrogen (secondary N) is 1. The fraction of sp³-hybridized carbons (Fsp3) is 0.333. The Morgan fingerprint density at radius 1 is 1.47 bits per heavy atom. The monoisotopic (exact) mass is 230 g/mol. The van der Waals surface area contributed by atoms with Crippen LogP contribution in [0.25, 0.3) is 0 Å². The van der Waals surface area contributed by atoms with E-state index in [9.17, 15) is 8.42 Å². The molecular formula is C9H14N2O3S.